The maximum absolute atomic E-state index is 7.13. The fourth-order valence-corrected chi connectivity index (χ4v) is 12.3. The Morgan fingerprint density at radius 3 is 1.93 bits per heavy atom. The van der Waals surface area contributed by atoms with Gasteiger partial charge in [0.05, 0.1) is 33.5 Å². The molecule has 0 bridgehead atoms. The summed E-state index contributed by atoms with van der Waals surface area (Å²) in [5.74, 6) is 1.07. The van der Waals surface area contributed by atoms with E-state index in [1.165, 1.54) is 66.4 Å². The van der Waals surface area contributed by atoms with E-state index < -0.39 is 0 Å². The van der Waals surface area contributed by atoms with Crippen LogP contribution in [0.1, 0.15) is 56.2 Å². The predicted octanol–water partition coefficient (Wildman–Crippen LogP) is 18.7. The molecule has 3 aliphatic rings. The molecule has 9 aromatic carbocycles. The highest BCUT2D eigenvalue weighted by Crippen LogP contribution is 2.50. The van der Waals surface area contributed by atoms with Gasteiger partial charge in [-0.1, -0.05) is 195 Å². The van der Waals surface area contributed by atoms with Gasteiger partial charge in [0.25, 0.3) is 0 Å². The monoisotopic (exact) mass is 966 g/mol. The second-order valence-electron chi connectivity index (χ2n) is 20.4. The molecule has 75 heavy (non-hydrogen) atoms. The van der Waals surface area contributed by atoms with Crippen LogP contribution in [0.3, 0.4) is 0 Å². The zero-order chi connectivity index (χ0) is 50.1. The Balaban J connectivity index is 0.829. The van der Waals surface area contributed by atoms with Crippen molar-refractivity contribution in [2.75, 3.05) is 0 Å². The van der Waals surface area contributed by atoms with Crippen molar-refractivity contribution in [3.63, 3.8) is 0 Å². The molecule has 0 spiro atoms. The molecular formula is C71H54N2O2. The highest BCUT2D eigenvalue weighted by atomic mass is 16.5. The summed E-state index contributed by atoms with van der Waals surface area (Å²) in [4.78, 5) is 5.66. The second-order valence-corrected chi connectivity index (χ2v) is 20.4. The third-order valence-electron chi connectivity index (χ3n) is 16.3. The lowest BCUT2D eigenvalue weighted by Gasteiger charge is -2.31. The van der Waals surface area contributed by atoms with E-state index in [1.807, 2.05) is 0 Å². The van der Waals surface area contributed by atoms with Crippen molar-refractivity contribution in [2.45, 2.75) is 45.6 Å². The van der Waals surface area contributed by atoms with E-state index in [1.54, 1.807) is 0 Å². The molecule has 4 nitrogen and oxygen atoms in total. The topological polar surface area (TPSA) is 39.7 Å². The molecule has 1 aliphatic carbocycles. The summed E-state index contributed by atoms with van der Waals surface area (Å²) in [5, 5.41) is 4.64. The number of allylic oxidation sites excluding steroid dienone is 4. The second kappa shape index (κ2) is 18.2. The van der Waals surface area contributed by atoms with Crippen LogP contribution in [-0.4, -0.2) is 16.4 Å². The van der Waals surface area contributed by atoms with Gasteiger partial charge in [-0.25, -0.2) is 0 Å². The van der Waals surface area contributed by atoms with E-state index in [4.69, 9.17) is 14.1 Å². The fourth-order valence-electron chi connectivity index (χ4n) is 12.3. The number of ether oxygens (including phenoxy) is 1. The molecule has 0 N–H and O–H groups in total. The minimum Gasteiger partial charge on any atom is -0.484 e. The third kappa shape index (κ3) is 7.54. The summed E-state index contributed by atoms with van der Waals surface area (Å²) in [6.07, 6.45) is 8.44. The zero-order valence-electron chi connectivity index (χ0n) is 42.3. The molecule has 11 aromatic rings. The molecule has 0 fully saturated rings. The minimum absolute atomic E-state index is 0.0603. The van der Waals surface area contributed by atoms with Crippen LogP contribution in [0.2, 0.25) is 0 Å². The van der Waals surface area contributed by atoms with Gasteiger partial charge in [-0.3, -0.25) is 4.99 Å². The predicted molar refractivity (Wildman–Crippen MR) is 312 cm³/mol. The van der Waals surface area contributed by atoms with Gasteiger partial charge in [0.2, 0.25) is 0 Å². The first-order valence-corrected chi connectivity index (χ1v) is 26.4. The van der Waals surface area contributed by atoms with Crippen molar-refractivity contribution in [3.05, 3.63) is 270 Å². The van der Waals surface area contributed by atoms with Crippen molar-refractivity contribution in [1.29, 1.82) is 0 Å². The van der Waals surface area contributed by atoms with E-state index >= 15 is 0 Å². The van der Waals surface area contributed by atoms with Crippen LogP contribution in [0.25, 0.3) is 88.5 Å². The Labute approximate surface area is 437 Å². The number of furan rings is 1. The fraction of sp³-hybridized carbons (Fsp3) is 0.113. The van der Waals surface area contributed by atoms with Crippen molar-refractivity contribution in [1.82, 2.24) is 4.57 Å². The average Bonchev–Trinajstić information content (AvgIpc) is 4.17. The van der Waals surface area contributed by atoms with Crippen LogP contribution < -0.4 is 4.74 Å². The minimum atomic E-state index is -0.154. The molecular weight excluding hydrogens is 913 g/mol. The van der Waals surface area contributed by atoms with Gasteiger partial charge in [-0.15, -0.1) is 0 Å². The molecule has 0 saturated heterocycles. The summed E-state index contributed by atoms with van der Waals surface area (Å²) in [7, 11) is 0. The van der Waals surface area contributed by atoms with Crippen molar-refractivity contribution < 1.29 is 9.15 Å². The van der Waals surface area contributed by atoms with Crippen molar-refractivity contribution >= 4 is 55.2 Å². The van der Waals surface area contributed by atoms with Crippen molar-refractivity contribution in [2.24, 2.45) is 10.9 Å². The normalized spacial score (nSPS) is 19.4. The number of para-hydroxylation sites is 1. The number of fused-ring (bicyclic) bond motifs is 9. The van der Waals surface area contributed by atoms with Crippen LogP contribution in [0, 0.1) is 5.92 Å². The van der Waals surface area contributed by atoms with Crippen LogP contribution >= 0.6 is 0 Å². The van der Waals surface area contributed by atoms with Gasteiger partial charge in [0, 0.05) is 39.1 Å². The van der Waals surface area contributed by atoms with Gasteiger partial charge in [-0.05, 0) is 130 Å². The zero-order valence-corrected chi connectivity index (χ0v) is 42.3. The number of hydrogen-bond donors (Lipinski definition) is 0. The molecule has 0 saturated carbocycles. The maximum Gasteiger partial charge on any atom is 0.137 e. The van der Waals surface area contributed by atoms with E-state index in [9.17, 15) is 0 Å². The van der Waals surface area contributed by atoms with Crippen LogP contribution in [-0.2, 0) is 0 Å². The molecule has 4 heteroatoms. The van der Waals surface area contributed by atoms with Crippen LogP contribution in [0.5, 0.6) is 5.75 Å². The SMILES string of the molecule is CC/C1=C(\c2ccc(-c3ccccc3)cc2)N=C(c2ccccc2)C(C)/C(C)=C(\C2=CC=CC3c4cc(-c5ccc6oc7cccc(-n8c9ccccc9c9cc(-c%10ccccc%10)ccc98)c7c6c5)ccc4OC23)C1. The molecule has 2 aromatic heterocycles. The van der Waals surface area contributed by atoms with Gasteiger partial charge in [0.15, 0.2) is 0 Å². The molecule has 2 aliphatic heterocycles. The number of hydrogen-bond acceptors (Lipinski definition) is 3. The van der Waals surface area contributed by atoms with Gasteiger partial charge in [0.1, 0.15) is 23.0 Å². The number of benzene rings is 9. The summed E-state index contributed by atoms with van der Waals surface area (Å²) in [6, 6.07) is 76.5. The van der Waals surface area contributed by atoms with Gasteiger partial charge < -0.3 is 13.7 Å². The molecule has 3 unspecified atom stereocenters. The highest BCUT2D eigenvalue weighted by Gasteiger charge is 2.39. The number of aliphatic imine (C=N–C) groups is 1. The summed E-state index contributed by atoms with van der Waals surface area (Å²) in [6.45, 7) is 6.93. The lowest BCUT2D eigenvalue weighted by atomic mass is 9.77. The maximum atomic E-state index is 7.13. The lowest BCUT2D eigenvalue weighted by molar-refractivity contribution is 0.257. The molecule has 0 amide bonds. The first kappa shape index (κ1) is 44.7. The van der Waals surface area contributed by atoms with Crippen molar-refractivity contribution in [3.8, 4) is 44.8 Å². The number of aromatic nitrogens is 1. The van der Waals surface area contributed by atoms with E-state index in [0.717, 1.165) is 85.4 Å². The Hall–Kier alpha value is -8.99. The van der Waals surface area contributed by atoms with E-state index in [0.29, 0.717) is 0 Å². The Morgan fingerprint density at radius 1 is 0.547 bits per heavy atom. The summed E-state index contributed by atoms with van der Waals surface area (Å²) < 4.78 is 16.2. The molecule has 0 radical (unpaired) electrons. The average molecular weight is 967 g/mol. The third-order valence-corrected chi connectivity index (χ3v) is 16.3. The largest absolute Gasteiger partial charge is 0.484 e. The Morgan fingerprint density at radius 2 is 1.16 bits per heavy atom. The van der Waals surface area contributed by atoms with E-state index in [2.05, 4.69) is 256 Å². The number of nitrogens with zero attached hydrogens (tertiary/aromatic N) is 2. The molecule has 360 valence electrons. The first-order valence-electron chi connectivity index (χ1n) is 26.4. The first-order chi connectivity index (χ1) is 37.0. The Bertz CT molecular complexity index is 4220. The standard InChI is InChI=1S/C71H54N2O2/c1-4-46-40-58(44(2)45(3)69(50-22-12-7-13-23-50)72-70(46)51-32-30-49(31-33-51)47-18-8-5-9-19-47)56-25-16-26-57-60-42-53(35-38-65(60)75-71(56)57)54-36-39-66-61(43-54)68-64(28-17-29-67(68)74-66)73-62-27-15-14-24-55(62)59-41-52(34-37-63(59)73)48-20-10-6-11-21-48/h5-39,41-43,45,57,71H,4,40H2,1-3H3/b58-44-,70-46-,72-69?. The summed E-state index contributed by atoms with van der Waals surface area (Å²) in [5.41, 5.74) is 23.2. The molecule has 14 rings (SSSR count). The quantitative estimate of drug-likeness (QED) is 0.152. The Kier molecular flexibility index (Phi) is 10.8. The highest BCUT2D eigenvalue weighted by molar-refractivity contribution is 6.15. The molecule has 3 atom stereocenters. The van der Waals surface area contributed by atoms with E-state index in [-0.39, 0.29) is 17.9 Å². The van der Waals surface area contributed by atoms with Gasteiger partial charge in [-0.2, -0.15) is 0 Å². The van der Waals surface area contributed by atoms with Crippen LogP contribution in [0.4, 0.5) is 0 Å². The lowest BCUT2D eigenvalue weighted by Crippen LogP contribution is -2.26. The molecule has 4 heterocycles. The summed E-state index contributed by atoms with van der Waals surface area (Å²) >= 11 is 0. The van der Waals surface area contributed by atoms with Crippen LogP contribution in [0.15, 0.2) is 262 Å². The van der Waals surface area contributed by atoms with Gasteiger partial charge >= 0.3 is 0 Å². The number of rotatable bonds is 8. The smallest absolute Gasteiger partial charge is 0.137 e.